The minimum atomic E-state index is -0.274. The number of ether oxygens (including phenoxy) is 4. The van der Waals surface area contributed by atoms with Crippen molar-refractivity contribution in [3.8, 4) is 0 Å². The standard InChI is InChI=1S/C31H44N4O7/c1-3-26-9-5-6-10-27(26)24-35(28-11-7-4-8-25(28)2)31(38)13-12-29(36)33-15-17-40-19-21-42-23-22-41-20-18-39-16-14-30(37)34-32/h3-11H,1,12-24,32H2,2H3,(H,33,36)(H,34,37). The SMILES string of the molecule is C=Cc1ccccc1CN(C(=O)CCC(=O)NCCOCCOCCOCCOCCC(=O)NN)c1ccccc1C. The van der Waals surface area contributed by atoms with Gasteiger partial charge in [0.15, 0.2) is 0 Å². The number of hydrogen-bond acceptors (Lipinski definition) is 8. The molecule has 0 aromatic heterocycles. The van der Waals surface area contributed by atoms with Gasteiger partial charge in [-0.05, 0) is 29.7 Å². The highest BCUT2D eigenvalue weighted by Gasteiger charge is 2.19. The average Bonchev–Trinajstić information content (AvgIpc) is 3.01. The van der Waals surface area contributed by atoms with Gasteiger partial charge in [0.05, 0.1) is 65.8 Å². The molecule has 2 aromatic carbocycles. The highest BCUT2D eigenvalue weighted by molar-refractivity contribution is 5.96. The summed E-state index contributed by atoms with van der Waals surface area (Å²) in [5, 5.41) is 2.80. The lowest BCUT2D eigenvalue weighted by molar-refractivity contribution is -0.125. The second-order valence-electron chi connectivity index (χ2n) is 9.29. The van der Waals surface area contributed by atoms with Crippen LogP contribution in [-0.4, -0.2) is 77.1 Å². The lowest BCUT2D eigenvalue weighted by atomic mass is 10.1. The number of amides is 3. The normalized spacial score (nSPS) is 10.7. The van der Waals surface area contributed by atoms with Crippen molar-refractivity contribution in [3.63, 3.8) is 0 Å². The second kappa shape index (κ2) is 21.1. The maximum absolute atomic E-state index is 13.3. The molecule has 0 radical (unpaired) electrons. The Balaban J connectivity index is 1.58. The van der Waals surface area contributed by atoms with Crippen LogP contribution < -0.4 is 21.5 Å². The molecule has 0 heterocycles. The highest BCUT2D eigenvalue weighted by Crippen LogP contribution is 2.24. The number of nitrogens with zero attached hydrogens (tertiary/aromatic N) is 1. The van der Waals surface area contributed by atoms with Crippen LogP contribution >= 0.6 is 0 Å². The fourth-order valence-electron chi connectivity index (χ4n) is 3.93. The predicted octanol–water partition coefficient (Wildman–Crippen LogP) is 2.51. The molecule has 42 heavy (non-hydrogen) atoms. The Morgan fingerprint density at radius 1 is 0.786 bits per heavy atom. The Morgan fingerprint density at radius 3 is 2.02 bits per heavy atom. The third-order valence-corrected chi connectivity index (χ3v) is 6.20. The molecule has 230 valence electrons. The third kappa shape index (κ3) is 13.8. The highest BCUT2D eigenvalue weighted by atomic mass is 16.6. The number of aryl methyl sites for hydroxylation is 1. The van der Waals surface area contributed by atoms with Crippen molar-refractivity contribution >= 4 is 29.5 Å². The topological polar surface area (TPSA) is 141 Å². The van der Waals surface area contributed by atoms with E-state index in [0.717, 1.165) is 22.4 Å². The first-order valence-electron chi connectivity index (χ1n) is 14.1. The monoisotopic (exact) mass is 584 g/mol. The Labute approximate surface area is 248 Å². The first-order chi connectivity index (χ1) is 20.5. The molecule has 0 unspecified atom stereocenters. The molecule has 0 aliphatic rings. The van der Waals surface area contributed by atoms with E-state index in [1.807, 2.05) is 60.9 Å². The van der Waals surface area contributed by atoms with Gasteiger partial charge in [-0.2, -0.15) is 0 Å². The number of hydrazine groups is 1. The third-order valence-electron chi connectivity index (χ3n) is 6.20. The summed E-state index contributed by atoms with van der Waals surface area (Å²) in [5.74, 6) is 4.37. The molecule has 11 nitrogen and oxygen atoms in total. The Kier molecular flexibility index (Phi) is 17.4. The molecule has 0 saturated carbocycles. The quantitative estimate of drug-likeness (QED) is 0.0830. The molecule has 3 amide bonds. The number of hydrogen-bond donors (Lipinski definition) is 3. The van der Waals surface area contributed by atoms with Crippen molar-refractivity contribution in [2.75, 3.05) is 64.3 Å². The first-order valence-corrected chi connectivity index (χ1v) is 14.1. The molecule has 0 atom stereocenters. The zero-order valence-electron chi connectivity index (χ0n) is 24.5. The van der Waals surface area contributed by atoms with E-state index in [9.17, 15) is 14.4 Å². The van der Waals surface area contributed by atoms with Crippen molar-refractivity contribution in [2.45, 2.75) is 32.7 Å². The maximum atomic E-state index is 13.3. The number of nitrogens with one attached hydrogen (secondary N) is 2. The van der Waals surface area contributed by atoms with Gasteiger partial charge >= 0.3 is 0 Å². The van der Waals surface area contributed by atoms with E-state index in [2.05, 4.69) is 11.9 Å². The molecular formula is C31H44N4O7. The van der Waals surface area contributed by atoms with Gasteiger partial charge in [-0.15, -0.1) is 0 Å². The molecule has 0 aliphatic heterocycles. The van der Waals surface area contributed by atoms with E-state index in [1.165, 1.54) is 0 Å². The summed E-state index contributed by atoms with van der Waals surface area (Å²) < 4.78 is 21.5. The first kappa shape index (κ1) is 34.6. The number of benzene rings is 2. The lowest BCUT2D eigenvalue weighted by Gasteiger charge is -2.25. The predicted molar refractivity (Wildman–Crippen MR) is 161 cm³/mol. The maximum Gasteiger partial charge on any atom is 0.236 e. The summed E-state index contributed by atoms with van der Waals surface area (Å²) in [6, 6.07) is 15.6. The van der Waals surface area contributed by atoms with Crippen molar-refractivity contribution in [2.24, 2.45) is 5.84 Å². The van der Waals surface area contributed by atoms with E-state index in [4.69, 9.17) is 24.8 Å². The largest absolute Gasteiger partial charge is 0.379 e. The molecule has 4 N–H and O–H groups in total. The molecule has 0 bridgehead atoms. The van der Waals surface area contributed by atoms with Crippen LogP contribution in [0, 0.1) is 6.92 Å². The summed E-state index contributed by atoms with van der Waals surface area (Å²) in [4.78, 5) is 38.3. The zero-order valence-corrected chi connectivity index (χ0v) is 24.5. The van der Waals surface area contributed by atoms with E-state index in [0.29, 0.717) is 59.3 Å². The molecule has 0 fully saturated rings. The summed E-state index contributed by atoms with van der Waals surface area (Å²) in [5.41, 5.74) is 5.79. The van der Waals surface area contributed by atoms with Gasteiger partial charge < -0.3 is 29.2 Å². The number of para-hydroxylation sites is 1. The van der Waals surface area contributed by atoms with Crippen LogP contribution in [0.4, 0.5) is 5.69 Å². The van der Waals surface area contributed by atoms with Crippen LogP contribution in [0.3, 0.4) is 0 Å². The number of carbonyl (C=O) groups is 3. The number of carbonyl (C=O) groups excluding carboxylic acids is 3. The molecule has 0 spiro atoms. The van der Waals surface area contributed by atoms with Gasteiger partial charge in [-0.1, -0.05) is 55.1 Å². The Morgan fingerprint density at radius 2 is 1.38 bits per heavy atom. The molecule has 2 aromatic rings. The second-order valence-corrected chi connectivity index (χ2v) is 9.29. The van der Waals surface area contributed by atoms with E-state index in [-0.39, 0.29) is 43.6 Å². The minimum absolute atomic E-state index is 0.0848. The van der Waals surface area contributed by atoms with Crippen LogP contribution in [0.1, 0.15) is 36.0 Å². The van der Waals surface area contributed by atoms with Crippen LogP contribution in [-0.2, 0) is 39.9 Å². The smallest absolute Gasteiger partial charge is 0.236 e. The van der Waals surface area contributed by atoms with Gasteiger partial charge in [0.1, 0.15) is 0 Å². The summed E-state index contributed by atoms with van der Waals surface area (Å²) in [6.07, 6.45) is 2.16. The van der Waals surface area contributed by atoms with Gasteiger partial charge in [0, 0.05) is 25.1 Å². The Hall–Kier alpha value is -3.61. The number of anilines is 1. The van der Waals surface area contributed by atoms with Crippen molar-refractivity contribution in [1.29, 1.82) is 0 Å². The van der Waals surface area contributed by atoms with Crippen LogP contribution in [0.5, 0.6) is 0 Å². The van der Waals surface area contributed by atoms with Gasteiger partial charge in [-0.3, -0.25) is 19.8 Å². The molecule has 0 aliphatic carbocycles. The van der Waals surface area contributed by atoms with Gasteiger partial charge in [-0.25, -0.2) is 5.84 Å². The van der Waals surface area contributed by atoms with Gasteiger partial charge in [0.25, 0.3) is 0 Å². The molecule has 2 rings (SSSR count). The van der Waals surface area contributed by atoms with E-state index < -0.39 is 0 Å². The van der Waals surface area contributed by atoms with E-state index in [1.54, 1.807) is 11.0 Å². The zero-order chi connectivity index (χ0) is 30.4. The average molecular weight is 585 g/mol. The minimum Gasteiger partial charge on any atom is -0.379 e. The fourth-order valence-corrected chi connectivity index (χ4v) is 3.93. The molecule has 11 heteroatoms. The van der Waals surface area contributed by atoms with E-state index >= 15 is 0 Å². The molecule has 0 saturated heterocycles. The summed E-state index contributed by atoms with van der Waals surface area (Å²) in [7, 11) is 0. The number of rotatable bonds is 22. The van der Waals surface area contributed by atoms with Crippen molar-refractivity contribution < 1.29 is 33.3 Å². The summed E-state index contributed by atoms with van der Waals surface area (Å²) >= 11 is 0. The van der Waals surface area contributed by atoms with Gasteiger partial charge in [0.2, 0.25) is 17.7 Å². The van der Waals surface area contributed by atoms with Crippen LogP contribution in [0.15, 0.2) is 55.1 Å². The summed E-state index contributed by atoms with van der Waals surface area (Å²) in [6.45, 7) is 9.63. The van der Waals surface area contributed by atoms with Crippen molar-refractivity contribution in [3.05, 3.63) is 71.8 Å². The lowest BCUT2D eigenvalue weighted by Crippen LogP contribution is -2.33. The van der Waals surface area contributed by atoms with Crippen molar-refractivity contribution in [1.82, 2.24) is 10.7 Å². The number of nitrogens with two attached hydrogens (primary N) is 1. The molecular weight excluding hydrogens is 540 g/mol. The van der Waals surface area contributed by atoms with Crippen LogP contribution in [0.2, 0.25) is 0 Å². The van der Waals surface area contributed by atoms with Crippen LogP contribution in [0.25, 0.3) is 6.08 Å². The Bertz CT molecular complexity index is 1110. The fraction of sp³-hybridized carbons (Fsp3) is 0.452.